The third-order valence-corrected chi connectivity index (χ3v) is 5.31. The average molecular weight is 421 g/mol. The molecular formula is C22H14Cl2N4O. The van der Waals surface area contributed by atoms with Crippen LogP contribution in [-0.2, 0) is 7.05 Å². The number of fused-ring (bicyclic) bond motifs is 2. The Morgan fingerprint density at radius 2 is 1.69 bits per heavy atom. The first-order chi connectivity index (χ1) is 14.0. The van der Waals surface area contributed by atoms with Crippen molar-refractivity contribution in [1.29, 1.82) is 0 Å². The fraction of sp³-hybridized carbons (Fsp3) is 0.0455. The Kier molecular flexibility index (Phi) is 4.15. The second-order valence-electron chi connectivity index (χ2n) is 6.80. The Morgan fingerprint density at radius 3 is 2.48 bits per heavy atom. The summed E-state index contributed by atoms with van der Waals surface area (Å²) in [6.07, 6.45) is 3.71. The summed E-state index contributed by atoms with van der Waals surface area (Å²) >= 11 is 12.2. The summed E-state index contributed by atoms with van der Waals surface area (Å²) < 4.78 is 3.39. The third-order valence-electron chi connectivity index (χ3n) is 4.84. The van der Waals surface area contributed by atoms with Crippen molar-refractivity contribution in [2.45, 2.75) is 0 Å². The number of pyridine rings is 2. The van der Waals surface area contributed by atoms with Crippen molar-refractivity contribution in [2.75, 3.05) is 0 Å². The smallest absolute Gasteiger partial charge is 0.265 e. The van der Waals surface area contributed by atoms with Crippen molar-refractivity contribution in [1.82, 2.24) is 19.3 Å². The Morgan fingerprint density at radius 1 is 0.897 bits per heavy atom. The maximum atomic E-state index is 13.5. The van der Waals surface area contributed by atoms with Gasteiger partial charge in [-0.1, -0.05) is 35.3 Å². The molecule has 5 rings (SSSR count). The zero-order valence-electron chi connectivity index (χ0n) is 15.3. The van der Waals surface area contributed by atoms with E-state index in [4.69, 9.17) is 23.2 Å². The molecule has 0 aliphatic rings. The van der Waals surface area contributed by atoms with Crippen LogP contribution in [0.4, 0.5) is 0 Å². The van der Waals surface area contributed by atoms with Crippen molar-refractivity contribution in [3.8, 4) is 16.8 Å². The Balaban J connectivity index is 1.84. The van der Waals surface area contributed by atoms with Gasteiger partial charge in [-0.2, -0.15) is 5.10 Å². The highest BCUT2D eigenvalue weighted by Crippen LogP contribution is 2.28. The molecule has 0 aliphatic carbocycles. The molecule has 5 nitrogen and oxygen atoms in total. The Bertz CT molecular complexity index is 1450. The van der Waals surface area contributed by atoms with Crippen molar-refractivity contribution < 1.29 is 0 Å². The van der Waals surface area contributed by atoms with Gasteiger partial charge in [-0.05, 0) is 48.0 Å². The predicted octanol–water partition coefficient (Wildman–Crippen LogP) is 5.25. The van der Waals surface area contributed by atoms with Crippen LogP contribution in [0.1, 0.15) is 0 Å². The molecule has 0 saturated carbocycles. The number of aromatic nitrogens is 4. The van der Waals surface area contributed by atoms with E-state index < -0.39 is 0 Å². The van der Waals surface area contributed by atoms with Crippen molar-refractivity contribution in [3.05, 3.63) is 87.5 Å². The van der Waals surface area contributed by atoms with Gasteiger partial charge in [0.1, 0.15) is 5.15 Å². The van der Waals surface area contributed by atoms with Crippen LogP contribution >= 0.6 is 23.2 Å². The minimum Gasteiger partial charge on any atom is -0.283 e. The van der Waals surface area contributed by atoms with E-state index in [0.29, 0.717) is 21.3 Å². The van der Waals surface area contributed by atoms with Gasteiger partial charge >= 0.3 is 0 Å². The number of hydrogen-bond acceptors (Lipinski definition) is 3. The molecule has 0 unspecified atom stereocenters. The van der Waals surface area contributed by atoms with Gasteiger partial charge in [0.25, 0.3) is 5.56 Å². The first-order valence-corrected chi connectivity index (χ1v) is 9.67. The first kappa shape index (κ1) is 17.9. The number of halogens is 2. The van der Waals surface area contributed by atoms with Gasteiger partial charge in [-0.3, -0.25) is 14.0 Å². The molecule has 3 heterocycles. The first-order valence-electron chi connectivity index (χ1n) is 8.91. The number of nitrogens with zero attached hydrogens (tertiary/aromatic N) is 4. The van der Waals surface area contributed by atoms with Crippen molar-refractivity contribution in [3.63, 3.8) is 0 Å². The molecule has 3 aromatic heterocycles. The summed E-state index contributed by atoms with van der Waals surface area (Å²) in [6.45, 7) is 0. The van der Waals surface area contributed by atoms with E-state index in [1.54, 1.807) is 33.6 Å². The number of benzene rings is 2. The van der Waals surface area contributed by atoms with Gasteiger partial charge in [0.05, 0.1) is 16.6 Å². The molecule has 0 radical (unpaired) electrons. The van der Waals surface area contributed by atoms with E-state index in [0.717, 1.165) is 27.5 Å². The second kappa shape index (κ2) is 6.72. The highest BCUT2D eigenvalue weighted by atomic mass is 35.5. The molecule has 142 valence electrons. The maximum absolute atomic E-state index is 13.5. The molecule has 0 saturated heterocycles. The lowest BCUT2D eigenvalue weighted by atomic mass is 10.0. The van der Waals surface area contributed by atoms with Crippen LogP contribution < -0.4 is 5.56 Å². The van der Waals surface area contributed by atoms with Gasteiger partial charge in [0.2, 0.25) is 0 Å². The molecule has 0 spiro atoms. The zero-order chi connectivity index (χ0) is 20.1. The summed E-state index contributed by atoms with van der Waals surface area (Å²) in [5.41, 5.74) is 3.21. The molecule has 29 heavy (non-hydrogen) atoms. The lowest BCUT2D eigenvalue weighted by Gasteiger charge is -2.12. The van der Waals surface area contributed by atoms with E-state index >= 15 is 0 Å². The largest absolute Gasteiger partial charge is 0.283 e. The quantitative estimate of drug-likeness (QED) is 0.366. The van der Waals surface area contributed by atoms with Gasteiger partial charge in [0.15, 0.2) is 0 Å². The highest BCUT2D eigenvalue weighted by molar-refractivity contribution is 6.30. The summed E-state index contributed by atoms with van der Waals surface area (Å²) in [6, 6.07) is 16.5. The van der Waals surface area contributed by atoms with Crippen LogP contribution in [0.15, 0.2) is 71.8 Å². The summed E-state index contributed by atoms with van der Waals surface area (Å²) in [4.78, 5) is 18.0. The monoisotopic (exact) mass is 420 g/mol. The maximum Gasteiger partial charge on any atom is 0.265 e. The Labute approximate surface area is 175 Å². The molecular weight excluding hydrogens is 407 g/mol. The van der Waals surface area contributed by atoms with Gasteiger partial charge in [-0.15, -0.1) is 0 Å². The normalized spacial score (nSPS) is 11.4. The topological polar surface area (TPSA) is 52.7 Å². The van der Waals surface area contributed by atoms with Crippen LogP contribution in [0.3, 0.4) is 0 Å². The van der Waals surface area contributed by atoms with E-state index in [-0.39, 0.29) is 5.56 Å². The molecule has 0 fully saturated rings. The van der Waals surface area contributed by atoms with Gasteiger partial charge < -0.3 is 0 Å². The Hall–Kier alpha value is -3.15. The van der Waals surface area contributed by atoms with E-state index in [1.165, 1.54) is 0 Å². The summed E-state index contributed by atoms with van der Waals surface area (Å²) in [5.74, 6) is 0. The van der Waals surface area contributed by atoms with Crippen LogP contribution in [0, 0.1) is 0 Å². The summed E-state index contributed by atoms with van der Waals surface area (Å²) in [5, 5.41) is 7.10. The molecule has 7 heteroatoms. The number of aryl methyl sites for hydroxylation is 1. The molecule has 0 aliphatic heterocycles. The molecule has 0 bridgehead atoms. The van der Waals surface area contributed by atoms with E-state index in [1.807, 2.05) is 49.6 Å². The lowest BCUT2D eigenvalue weighted by molar-refractivity contribution is 0.780. The van der Waals surface area contributed by atoms with E-state index in [2.05, 4.69) is 10.1 Å². The average Bonchev–Trinajstić information content (AvgIpc) is 3.08. The fourth-order valence-electron chi connectivity index (χ4n) is 3.52. The van der Waals surface area contributed by atoms with Crippen LogP contribution in [-0.4, -0.2) is 19.3 Å². The zero-order valence-corrected chi connectivity index (χ0v) is 16.8. The third kappa shape index (κ3) is 3.09. The lowest BCUT2D eigenvalue weighted by Crippen LogP contribution is -2.20. The van der Waals surface area contributed by atoms with Crippen LogP contribution in [0.5, 0.6) is 0 Å². The van der Waals surface area contributed by atoms with E-state index in [9.17, 15) is 4.79 Å². The molecule has 0 atom stereocenters. The molecule has 5 aromatic rings. The second-order valence-corrected chi connectivity index (χ2v) is 7.63. The van der Waals surface area contributed by atoms with Crippen molar-refractivity contribution in [2.24, 2.45) is 7.05 Å². The minimum absolute atomic E-state index is 0.183. The summed E-state index contributed by atoms with van der Waals surface area (Å²) in [7, 11) is 1.87. The van der Waals surface area contributed by atoms with Gasteiger partial charge in [0, 0.05) is 40.9 Å². The fourth-order valence-corrected chi connectivity index (χ4v) is 3.80. The van der Waals surface area contributed by atoms with Crippen LogP contribution in [0.25, 0.3) is 38.6 Å². The molecule has 2 aromatic carbocycles. The standard InChI is InChI=1S/C22H14Cl2N4O/c1-27-11-15-10-17(7-8-18(15)26-27)28-12-14-4-9-19(24)25-21(14)20(22(28)29)13-2-5-16(23)6-3-13/h2-12H,1H3. The van der Waals surface area contributed by atoms with Crippen LogP contribution in [0.2, 0.25) is 10.2 Å². The molecule has 0 amide bonds. The molecule has 0 N–H and O–H groups in total. The number of hydrogen-bond donors (Lipinski definition) is 0. The SMILES string of the molecule is Cn1cc2cc(-n3cc4ccc(Cl)nc4c(-c4ccc(Cl)cc4)c3=O)ccc2n1. The highest BCUT2D eigenvalue weighted by Gasteiger charge is 2.15. The van der Waals surface area contributed by atoms with Crippen molar-refractivity contribution >= 4 is 45.0 Å². The predicted molar refractivity (Wildman–Crippen MR) is 117 cm³/mol. The minimum atomic E-state index is -0.183. The number of rotatable bonds is 2. The van der Waals surface area contributed by atoms with Gasteiger partial charge in [-0.25, -0.2) is 4.98 Å².